The number of hydrogen-bond acceptors (Lipinski definition) is 3. The number of hydrogen-bond donors (Lipinski definition) is 0. The Morgan fingerprint density at radius 3 is 2.57 bits per heavy atom. The highest BCUT2D eigenvalue weighted by Gasteiger charge is 2.49. The first-order valence-electron chi connectivity index (χ1n) is 9.61. The molecule has 0 radical (unpaired) electrons. The van der Waals surface area contributed by atoms with Gasteiger partial charge in [0.1, 0.15) is 0 Å². The van der Waals surface area contributed by atoms with Crippen LogP contribution in [0.15, 0.2) is 48.5 Å². The second-order valence-corrected chi connectivity index (χ2v) is 7.80. The van der Waals surface area contributed by atoms with E-state index in [1.807, 2.05) is 21.9 Å². The average Bonchev–Trinajstić information content (AvgIpc) is 3.26. The molecule has 2 aliphatic rings. The summed E-state index contributed by atoms with van der Waals surface area (Å²) in [5.41, 5.74) is 3.39. The van der Waals surface area contributed by atoms with Crippen molar-refractivity contribution in [3.8, 4) is 6.07 Å². The van der Waals surface area contributed by atoms with Crippen LogP contribution >= 0.6 is 0 Å². The van der Waals surface area contributed by atoms with Crippen LogP contribution in [0.2, 0.25) is 0 Å². The standard InChI is InChI=1S/C23H23N3O2/c1-15-6-3-4-9-20(15)22-21-14-25(12-19(21)13-26(22)16(2)27)23(28)18-8-5-7-17(10-18)11-24/h3-10,19,21-22H,12-14H2,1-2H3/t19-,21-,22+/m1/s1. The van der Waals surface area contributed by atoms with Gasteiger partial charge in [-0.3, -0.25) is 9.59 Å². The number of rotatable bonds is 2. The molecule has 5 nitrogen and oxygen atoms in total. The van der Waals surface area contributed by atoms with Gasteiger partial charge in [-0.1, -0.05) is 30.3 Å². The first-order chi connectivity index (χ1) is 13.5. The number of nitrogens with zero attached hydrogens (tertiary/aromatic N) is 3. The summed E-state index contributed by atoms with van der Waals surface area (Å²) in [5.74, 6) is 0.552. The smallest absolute Gasteiger partial charge is 0.253 e. The molecule has 28 heavy (non-hydrogen) atoms. The average molecular weight is 373 g/mol. The maximum absolute atomic E-state index is 13.0. The SMILES string of the molecule is CC(=O)N1C[C@H]2CN(C(=O)c3cccc(C#N)c3)C[C@H]2[C@@H]1c1ccccc1C. The van der Waals surface area contributed by atoms with Crippen molar-refractivity contribution in [2.24, 2.45) is 11.8 Å². The summed E-state index contributed by atoms with van der Waals surface area (Å²) in [4.78, 5) is 29.2. The van der Waals surface area contributed by atoms with Gasteiger partial charge in [0.15, 0.2) is 0 Å². The van der Waals surface area contributed by atoms with E-state index in [0.717, 1.165) is 0 Å². The van der Waals surface area contributed by atoms with Crippen molar-refractivity contribution in [2.75, 3.05) is 19.6 Å². The molecule has 0 aliphatic carbocycles. The van der Waals surface area contributed by atoms with Crippen molar-refractivity contribution in [3.05, 3.63) is 70.8 Å². The summed E-state index contributed by atoms with van der Waals surface area (Å²) in [6, 6.07) is 17.2. The molecule has 2 aliphatic heterocycles. The molecule has 2 amide bonds. The van der Waals surface area contributed by atoms with Crippen LogP contribution in [0.3, 0.4) is 0 Å². The lowest BCUT2D eigenvalue weighted by molar-refractivity contribution is -0.130. The molecule has 3 atom stereocenters. The quantitative estimate of drug-likeness (QED) is 0.812. The first-order valence-corrected chi connectivity index (χ1v) is 9.61. The van der Waals surface area contributed by atoms with Crippen LogP contribution < -0.4 is 0 Å². The third-order valence-electron chi connectivity index (χ3n) is 6.10. The first kappa shape index (κ1) is 18.2. The van der Waals surface area contributed by atoms with Gasteiger partial charge in [0.2, 0.25) is 5.91 Å². The zero-order valence-corrected chi connectivity index (χ0v) is 16.1. The molecule has 0 spiro atoms. The lowest BCUT2D eigenvalue weighted by atomic mass is 9.87. The van der Waals surface area contributed by atoms with Gasteiger partial charge in [-0.2, -0.15) is 5.26 Å². The van der Waals surface area contributed by atoms with Gasteiger partial charge in [-0.05, 0) is 36.2 Å². The monoisotopic (exact) mass is 373 g/mol. The molecule has 2 fully saturated rings. The van der Waals surface area contributed by atoms with Gasteiger partial charge < -0.3 is 9.80 Å². The molecule has 2 heterocycles. The van der Waals surface area contributed by atoms with E-state index in [0.29, 0.717) is 30.8 Å². The van der Waals surface area contributed by atoms with Gasteiger partial charge in [0.05, 0.1) is 17.7 Å². The highest BCUT2D eigenvalue weighted by molar-refractivity contribution is 5.94. The van der Waals surface area contributed by atoms with Crippen LogP contribution in [0.4, 0.5) is 0 Å². The minimum absolute atomic E-state index is 0.00643. The zero-order valence-electron chi connectivity index (χ0n) is 16.1. The van der Waals surface area contributed by atoms with Gasteiger partial charge >= 0.3 is 0 Å². The number of fused-ring (bicyclic) bond motifs is 1. The Morgan fingerprint density at radius 2 is 1.86 bits per heavy atom. The van der Waals surface area contributed by atoms with E-state index in [2.05, 4.69) is 25.1 Å². The van der Waals surface area contributed by atoms with Crippen LogP contribution in [0.25, 0.3) is 0 Å². The van der Waals surface area contributed by atoms with E-state index in [4.69, 9.17) is 5.26 Å². The second-order valence-electron chi connectivity index (χ2n) is 7.80. The van der Waals surface area contributed by atoms with Gasteiger partial charge in [-0.15, -0.1) is 0 Å². The van der Waals surface area contributed by atoms with Crippen molar-refractivity contribution in [3.63, 3.8) is 0 Å². The molecular formula is C23H23N3O2. The molecule has 4 rings (SSSR count). The Hall–Kier alpha value is -3.13. The summed E-state index contributed by atoms with van der Waals surface area (Å²) >= 11 is 0. The predicted octanol–water partition coefficient (Wildman–Crippen LogP) is 3.16. The van der Waals surface area contributed by atoms with Crippen LogP contribution in [0, 0.1) is 30.1 Å². The third kappa shape index (κ3) is 3.05. The Balaban J connectivity index is 1.61. The van der Waals surface area contributed by atoms with Crippen LogP contribution in [0.5, 0.6) is 0 Å². The van der Waals surface area contributed by atoms with E-state index in [-0.39, 0.29) is 29.7 Å². The van der Waals surface area contributed by atoms with Gasteiger partial charge in [0.25, 0.3) is 5.91 Å². The second kappa shape index (κ2) is 7.12. The fraction of sp³-hybridized carbons (Fsp3) is 0.348. The lowest BCUT2D eigenvalue weighted by Gasteiger charge is -2.30. The number of likely N-dealkylation sites (tertiary alicyclic amines) is 2. The van der Waals surface area contributed by atoms with Crippen molar-refractivity contribution in [1.29, 1.82) is 5.26 Å². The molecule has 0 saturated carbocycles. The predicted molar refractivity (Wildman–Crippen MR) is 105 cm³/mol. The molecule has 5 heteroatoms. The third-order valence-corrected chi connectivity index (χ3v) is 6.10. The molecule has 2 aromatic carbocycles. The number of aryl methyl sites for hydroxylation is 1. The Labute approximate surface area is 165 Å². The van der Waals surface area contributed by atoms with E-state index in [9.17, 15) is 9.59 Å². The fourth-order valence-electron chi connectivity index (χ4n) is 4.76. The summed E-state index contributed by atoms with van der Waals surface area (Å²) in [7, 11) is 0. The van der Waals surface area contributed by atoms with Crippen molar-refractivity contribution in [1.82, 2.24) is 9.80 Å². The largest absolute Gasteiger partial charge is 0.338 e. The van der Waals surface area contributed by atoms with E-state index in [1.54, 1.807) is 31.2 Å². The zero-order chi connectivity index (χ0) is 19.8. The number of benzene rings is 2. The van der Waals surface area contributed by atoms with Gasteiger partial charge in [-0.25, -0.2) is 0 Å². The lowest BCUT2D eigenvalue weighted by Crippen LogP contribution is -2.36. The maximum Gasteiger partial charge on any atom is 0.253 e. The van der Waals surface area contributed by atoms with Crippen molar-refractivity contribution in [2.45, 2.75) is 19.9 Å². The van der Waals surface area contributed by atoms with Crippen LogP contribution in [-0.2, 0) is 4.79 Å². The minimum atomic E-state index is -0.0376. The Morgan fingerprint density at radius 1 is 1.07 bits per heavy atom. The molecular weight excluding hydrogens is 350 g/mol. The van der Waals surface area contributed by atoms with Crippen LogP contribution in [-0.4, -0.2) is 41.2 Å². The number of amides is 2. The highest BCUT2D eigenvalue weighted by Crippen LogP contribution is 2.46. The minimum Gasteiger partial charge on any atom is -0.338 e. The topological polar surface area (TPSA) is 64.4 Å². The fourth-order valence-corrected chi connectivity index (χ4v) is 4.76. The summed E-state index contributed by atoms with van der Waals surface area (Å²) < 4.78 is 0. The number of carbonyl (C=O) groups excluding carboxylic acids is 2. The Bertz CT molecular complexity index is 978. The summed E-state index contributed by atoms with van der Waals surface area (Å²) in [6.07, 6.45) is 0. The molecule has 0 aromatic heterocycles. The molecule has 0 bridgehead atoms. The van der Waals surface area contributed by atoms with E-state index < -0.39 is 0 Å². The summed E-state index contributed by atoms with van der Waals surface area (Å²) in [6.45, 7) is 5.66. The van der Waals surface area contributed by atoms with Crippen molar-refractivity contribution < 1.29 is 9.59 Å². The molecule has 0 N–H and O–H groups in total. The van der Waals surface area contributed by atoms with E-state index >= 15 is 0 Å². The van der Waals surface area contributed by atoms with Gasteiger partial charge in [0, 0.05) is 44.0 Å². The van der Waals surface area contributed by atoms with Crippen LogP contribution in [0.1, 0.15) is 40.0 Å². The molecule has 2 saturated heterocycles. The molecule has 142 valence electrons. The maximum atomic E-state index is 13.0. The number of nitriles is 1. The molecule has 0 unspecified atom stereocenters. The molecule has 2 aromatic rings. The summed E-state index contributed by atoms with van der Waals surface area (Å²) in [5, 5.41) is 9.10. The van der Waals surface area contributed by atoms with E-state index in [1.165, 1.54) is 11.1 Å². The van der Waals surface area contributed by atoms with Crippen molar-refractivity contribution >= 4 is 11.8 Å². The number of carbonyl (C=O) groups is 2. The highest BCUT2D eigenvalue weighted by atomic mass is 16.2. The Kier molecular flexibility index (Phi) is 4.64. The normalized spacial score (nSPS) is 23.4.